The second-order valence-corrected chi connectivity index (χ2v) is 5.08. The Morgan fingerprint density at radius 1 is 1.40 bits per heavy atom. The first-order valence-electron chi connectivity index (χ1n) is 6.94. The van der Waals surface area contributed by atoms with Crippen molar-refractivity contribution in [1.29, 1.82) is 0 Å². The summed E-state index contributed by atoms with van der Waals surface area (Å²) in [6.07, 6.45) is 6.97. The molecule has 104 valence electrons. The molecule has 2 aromatic rings. The van der Waals surface area contributed by atoms with Gasteiger partial charge in [0.2, 0.25) is 5.91 Å². The number of aryl methyl sites for hydroxylation is 2. The van der Waals surface area contributed by atoms with Crippen molar-refractivity contribution in [2.45, 2.75) is 32.6 Å². The van der Waals surface area contributed by atoms with E-state index in [2.05, 4.69) is 23.3 Å². The van der Waals surface area contributed by atoms with Crippen LogP contribution in [-0.4, -0.2) is 15.5 Å². The van der Waals surface area contributed by atoms with Gasteiger partial charge in [-0.2, -0.15) is 0 Å². The van der Waals surface area contributed by atoms with E-state index in [-0.39, 0.29) is 5.91 Å². The fourth-order valence-corrected chi connectivity index (χ4v) is 2.60. The number of aromatic nitrogens is 2. The number of hydrogen-bond donors (Lipinski definition) is 2. The number of nitrogen functional groups attached to an aromatic ring is 1. The molecule has 1 amide bonds. The molecule has 20 heavy (non-hydrogen) atoms. The Bertz CT molecular complexity index is 660. The lowest BCUT2D eigenvalue weighted by molar-refractivity contribution is -0.116. The third-order valence-corrected chi connectivity index (χ3v) is 3.60. The van der Waals surface area contributed by atoms with Crippen LogP contribution in [0.4, 0.5) is 11.4 Å². The molecule has 2 heterocycles. The molecule has 5 heteroatoms. The standard InChI is InChI=1S/C15H18N4O/c1-2-3-14-17-6-7-19(14)13-8-10-4-5-15(20)18-12(10)9-11(13)16/h6-9H,2-5,16H2,1H3,(H,18,20). The van der Waals surface area contributed by atoms with Crippen molar-refractivity contribution in [3.8, 4) is 5.69 Å². The predicted octanol–water partition coefficient (Wildman–Crippen LogP) is 2.29. The second kappa shape index (κ2) is 5.00. The highest BCUT2D eigenvalue weighted by atomic mass is 16.1. The summed E-state index contributed by atoms with van der Waals surface area (Å²) >= 11 is 0. The van der Waals surface area contributed by atoms with Crippen LogP contribution in [0.25, 0.3) is 5.69 Å². The van der Waals surface area contributed by atoms with Crippen molar-refractivity contribution in [3.63, 3.8) is 0 Å². The molecule has 3 rings (SSSR count). The maximum Gasteiger partial charge on any atom is 0.224 e. The molecular weight excluding hydrogens is 252 g/mol. The quantitative estimate of drug-likeness (QED) is 0.840. The van der Waals surface area contributed by atoms with E-state index in [1.165, 1.54) is 0 Å². The maximum absolute atomic E-state index is 11.4. The molecule has 0 radical (unpaired) electrons. The van der Waals surface area contributed by atoms with Crippen molar-refractivity contribution in [2.75, 3.05) is 11.1 Å². The van der Waals surface area contributed by atoms with Crippen LogP contribution in [0.2, 0.25) is 0 Å². The number of nitrogens with one attached hydrogen (secondary N) is 1. The number of hydrogen-bond acceptors (Lipinski definition) is 3. The zero-order valence-corrected chi connectivity index (χ0v) is 11.5. The van der Waals surface area contributed by atoms with Crippen LogP contribution in [0.15, 0.2) is 24.5 Å². The van der Waals surface area contributed by atoms with E-state index in [4.69, 9.17) is 5.73 Å². The fourth-order valence-electron chi connectivity index (χ4n) is 2.60. The lowest BCUT2D eigenvalue weighted by Crippen LogP contribution is -2.19. The zero-order valence-electron chi connectivity index (χ0n) is 11.5. The first kappa shape index (κ1) is 12.7. The summed E-state index contributed by atoms with van der Waals surface area (Å²) in [4.78, 5) is 15.8. The number of fused-ring (bicyclic) bond motifs is 1. The summed E-state index contributed by atoms with van der Waals surface area (Å²) in [5, 5.41) is 2.87. The number of benzene rings is 1. The van der Waals surface area contributed by atoms with Gasteiger partial charge in [-0.15, -0.1) is 0 Å². The molecule has 1 aliphatic rings. The highest BCUT2D eigenvalue weighted by Gasteiger charge is 2.18. The van der Waals surface area contributed by atoms with E-state index in [1.54, 1.807) is 6.20 Å². The Morgan fingerprint density at radius 3 is 3.05 bits per heavy atom. The second-order valence-electron chi connectivity index (χ2n) is 5.08. The van der Waals surface area contributed by atoms with E-state index in [1.807, 2.05) is 16.8 Å². The minimum atomic E-state index is 0.0546. The number of nitrogens with two attached hydrogens (primary N) is 1. The van der Waals surface area contributed by atoms with Gasteiger partial charge >= 0.3 is 0 Å². The largest absolute Gasteiger partial charge is 0.397 e. The normalized spacial score (nSPS) is 13.9. The molecule has 5 nitrogen and oxygen atoms in total. The van der Waals surface area contributed by atoms with Crippen molar-refractivity contribution >= 4 is 17.3 Å². The zero-order chi connectivity index (χ0) is 14.1. The molecule has 0 unspecified atom stereocenters. The number of carbonyl (C=O) groups is 1. The van der Waals surface area contributed by atoms with Crippen molar-refractivity contribution in [3.05, 3.63) is 35.9 Å². The van der Waals surface area contributed by atoms with Crippen LogP contribution >= 0.6 is 0 Å². The number of amides is 1. The molecular formula is C15H18N4O. The van der Waals surface area contributed by atoms with E-state index < -0.39 is 0 Å². The molecule has 1 aliphatic heterocycles. The summed E-state index contributed by atoms with van der Waals surface area (Å²) in [5.74, 6) is 1.07. The van der Waals surface area contributed by atoms with Crippen LogP contribution in [0.3, 0.4) is 0 Å². The number of rotatable bonds is 3. The topological polar surface area (TPSA) is 72.9 Å². The SMILES string of the molecule is CCCc1nccn1-c1cc2c(cc1N)NC(=O)CC2. The number of anilines is 2. The van der Waals surface area contributed by atoms with Crippen LogP contribution in [0.1, 0.15) is 31.2 Å². The smallest absolute Gasteiger partial charge is 0.224 e. The Kier molecular flexibility index (Phi) is 3.18. The van der Waals surface area contributed by atoms with Crippen LogP contribution < -0.4 is 11.1 Å². The monoisotopic (exact) mass is 270 g/mol. The molecule has 0 aliphatic carbocycles. The molecule has 0 fully saturated rings. The first-order valence-corrected chi connectivity index (χ1v) is 6.94. The summed E-state index contributed by atoms with van der Waals surface area (Å²) in [6.45, 7) is 2.13. The molecule has 0 bridgehead atoms. The van der Waals surface area contributed by atoms with Crippen molar-refractivity contribution in [2.24, 2.45) is 0 Å². The van der Waals surface area contributed by atoms with E-state index in [0.29, 0.717) is 12.1 Å². The third kappa shape index (κ3) is 2.15. The highest BCUT2D eigenvalue weighted by molar-refractivity contribution is 5.95. The van der Waals surface area contributed by atoms with Gasteiger partial charge in [-0.1, -0.05) is 6.92 Å². The van der Waals surface area contributed by atoms with Crippen LogP contribution in [-0.2, 0) is 17.6 Å². The molecule has 3 N–H and O–H groups in total. The number of imidazole rings is 1. The number of carbonyl (C=O) groups excluding carboxylic acids is 1. The lowest BCUT2D eigenvalue weighted by Gasteiger charge is -2.20. The lowest BCUT2D eigenvalue weighted by atomic mass is 10.0. The minimum Gasteiger partial charge on any atom is -0.397 e. The average molecular weight is 270 g/mol. The van der Waals surface area contributed by atoms with E-state index >= 15 is 0 Å². The van der Waals surface area contributed by atoms with Gasteiger partial charge in [-0.25, -0.2) is 4.98 Å². The van der Waals surface area contributed by atoms with Gasteiger partial charge in [0, 0.05) is 30.9 Å². The van der Waals surface area contributed by atoms with Gasteiger partial charge in [0.1, 0.15) is 5.82 Å². The molecule has 0 spiro atoms. The Labute approximate surface area is 117 Å². The fraction of sp³-hybridized carbons (Fsp3) is 0.333. The summed E-state index contributed by atoms with van der Waals surface area (Å²) in [7, 11) is 0. The Hall–Kier alpha value is -2.30. The van der Waals surface area contributed by atoms with Gasteiger partial charge in [0.15, 0.2) is 0 Å². The third-order valence-electron chi connectivity index (χ3n) is 3.60. The van der Waals surface area contributed by atoms with Gasteiger partial charge in [-0.05, 0) is 30.5 Å². The van der Waals surface area contributed by atoms with Gasteiger partial charge < -0.3 is 15.6 Å². The average Bonchev–Trinajstić information content (AvgIpc) is 2.86. The van der Waals surface area contributed by atoms with Crippen LogP contribution in [0, 0.1) is 0 Å². The molecule has 1 aromatic carbocycles. The Balaban J connectivity index is 2.06. The van der Waals surface area contributed by atoms with Crippen molar-refractivity contribution in [1.82, 2.24) is 9.55 Å². The van der Waals surface area contributed by atoms with Gasteiger partial charge in [0.05, 0.1) is 11.4 Å². The maximum atomic E-state index is 11.4. The van der Waals surface area contributed by atoms with Gasteiger partial charge in [0.25, 0.3) is 0 Å². The summed E-state index contributed by atoms with van der Waals surface area (Å²) in [5.41, 5.74) is 9.71. The van der Waals surface area contributed by atoms with Crippen molar-refractivity contribution < 1.29 is 4.79 Å². The Morgan fingerprint density at radius 2 is 2.25 bits per heavy atom. The summed E-state index contributed by atoms with van der Waals surface area (Å²) < 4.78 is 2.04. The van der Waals surface area contributed by atoms with Crippen LogP contribution in [0.5, 0.6) is 0 Å². The molecule has 0 saturated heterocycles. The highest BCUT2D eigenvalue weighted by Crippen LogP contribution is 2.30. The molecule has 0 saturated carbocycles. The molecule has 0 atom stereocenters. The van der Waals surface area contributed by atoms with Gasteiger partial charge in [-0.3, -0.25) is 4.79 Å². The van der Waals surface area contributed by atoms with E-state index in [0.717, 1.165) is 42.0 Å². The summed E-state index contributed by atoms with van der Waals surface area (Å²) in [6, 6.07) is 3.91. The predicted molar refractivity (Wildman–Crippen MR) is 78.9 cm³/mol. The molecule has 1 aromatic heterocycles. The van der Waals surface area contributed by atoms with E-state index in [9.17, 15) is 4.79 Å². The number of nitrogens with zero attached hydrogens (tertiary/aromatic N) is 2. The first-order chi connectivity index (χ1) is 9.69. The minimum absolute atomic E-state index is 0.0546.